The summed E-state index contributed by atoms with van der Waals surface area (Å²) in [5.74, 6) is -0.304. The Morgan fingerprint density at radius 2 is 1.92 bits per heavy atom. The molecule has 2 N–H and O–H groups in total. The number of carbonyl (C=O) groups is 4. The number of Topliss-reactive ketones (excluding diaryl/α,β-unsaturated/α-hetero) is 1. The molecule has 0 spiro atoms. The number of hydrogen-bond acceptors (Lipinski definition) is 7. The SMILES string of the molecule is CNC(=O)NC(=O)[C@H](C)OC(=O)CSCc1cc(C(C)=O)ccc1OC. The molecule has 0 aliphatic rings. The number of ether oxygens (including phenoxy) is 2. The first-order valence-corrected chi connectivity index (χ1v) is 8.91. The molecule has 0 unspecified atom stereocenters. The third-order valence-electron chi connectivity index (χ3n) is 3.31. The number of urea groups is 1. The molecule has 0 aliphatic carbocycles. The van der Waals surface area contributed by atoms with Gasteiger partial charge in [-0.1, -0.05) is 0 Å². The number of carbonyl (C=O) groups excluding carboxylic acids is 4. The van der Waals surface area contributed by atoms with Gasteiger partial charge in [0.15, 0.2) is 11.9 Å². The van der Waals surface area contributed by atoms with Crippen molar-refractivity contribution >= 4 is 35.5 Å². The maximum absolute atomic E-state index is 11.8. The highest BCUT2D eigenvalue weighted by molar-refractivity contribution is 7.99. The molecule has 1 atom stereocenters. The number of hydrogen-bond donors (Lipinski definition) is 2. The summed E-state index contributed by atoms with van der Waals surface area (Å²) in [6.45, 7) is 2.85. The predicted molar refractivity (Wildman–Crippen MR) is 97.3 cm³/mol. The predicted octanol–water partition coefficient (Wildman–Crippen LogP) is 1.52. The zero-order valence-electron chi connectivity index (χ0n) is 15.1. The second-order valence-corrected chi connectivity index (χ2v) is 6.26. The van der Waals surface area contributed by atoms with Crippen molar-refractivity contribution in [2.24, 2.45) is 0 Å². The average molecular weight is 382 g/mol. The highest BCUT2D eigenvalue weighted by atomic mass is 32.2. The van der Waals surface area contributed by atoms with Crippen molar-refractivity contribution in [3.05, 3.63) is 29.3 Å². The first kappa shape index (κ1) is 21.5. The topological polar surface area (TPSA) is 111 Å². The van der Waals surface area contributed by atoms with Crippen LogP contribution in [-0.4, -0.2) is 49.7 Å². The molecule has 0 saturated heterocycles. The van der Waals surface area contributed by atoms with E-state index >= 15 is 0 Å². The van der Waals surface area contributed by atoms with Crippen LogP contribution in [0.5, 0.6) is 5.75 Å². The second-order valence-electron chi connectivity index (χ2n) is 5.28. The molecule has 1 rings (SSSR count). The van der Waals surface area contributed by atoms with Crippen LogP contribution < -0.4 is 15.4 Å². The molecule has 0 radical (unpaired) electrons. The van der Waals surface area contributed by atoms with Crippen LogP contribution in [0.4, 0.5) is 4.79 Å². The molecule has 3 amide bonds. The lowest BCUT2D eigenvalue weighted by atomic mass is 10.1. The maximum Gasteiger partial charge on any atom is 0.321 e. The van der Waals surface area contributed by atoms with Crippen LogP contribution in [0.3, 0.4) is 0 Å². The van der Waals surface area contributed by atoms with Gasteiger partial charge in [-0.05, 0) is 32.0 Å². The van der Waals surface area contributed by atoms with Gasteiger partial charge in [0.1, 0.15) is 5.75 Å². The molecule has 0 bridgehead atoms. The van der Waals surface area contributed by atoms with E-state index in [0.717, 1.165) is 5.56 Å². The maximum atomic E-state index is 11.8. The second kappa shape index (κ2) is 10.4. The van der Waals surface area contributed by atoms with Crippen molar-refractivity contribution in [2.45, 2.75) is 25.7 Å². The minimum Gasteiger partial charge on any atom is -0.496 e. The number of imide groups is 1. The summed E-state index contributed by atoms with van der Waals surface area (Å²) in [6, 6.07) is 4.43. The lowest BCUT2D eigenvalue weighted by Crippen LogP contribution is -2.43. The number of ketones is 1. The molecule has 8 nitrogen and oxygen atoms in total. The van der Waals surface area contributed by atoms with Crippen molar-refractivity contribution in [3.63, 3.8) is 0 Å². The highest BCUT2D eigenvalue weighted by Crippen LogP contribution is 2.25. The summed E-state index contributed by atoms with van der Waals surface area (Å²) in [4.78, 5) is 46.0. The van der Waals surface area contributed by atoms with Crippen LogP contribution in [0.1, 0.15) is 29.8 Å². The van der Waals surface area contributed by atoms with E-state index in [-0.39, 0.29) is 11.5 Å². The molecule has 0 aromatic heterocycles. The fourth-order valence-corrected chi connectivity index (χ4v) is 2.70. The van der Waals surface area contributed by atoms with Crippen LogP contribution in [0.15, 0.2) is 18.2 Å². The van der Waals surface area contributed by atoms with Crippen molar-refractivity contribution < 1.29 is 28.7 Å². The lowest BCUT2D eigenvalue weighted by molar-refractivity contribution is -0.151. The Morgan fingerprint density at radius 1 is 1.23 bits per heavy atom. The summed E-state index contributed by atoms with van der Waals surface area (Å²) in [5.41, 5.74) is 1.34. The zero-order chi connectivity index (χ0) is 19.7. The van der Waals surface area contributed by atoms with Crippen LogP contribution in [0, 0.1) is 0 Å². The smallest absolute Gasteiger partial charge is 0.321 e. The Balaban J connectivity index is 2.53. The largest absolute Gasteiger partial charge is 0.496 e. The van der Waals surface area contributed by atoms with E-state index in [2.05, 4.69) is 5.32 Å². The highest BCUT2D eigenvalue weighted by Gasteiger charge is 2.19. The van der Waals surface area contributed by atoms with E-state index in [0.29, 0.717) is 17.1 Å². The van der Waals surface area contributed by atoms with Gasteiger partial charge in [-0.25, -0.2) is 4.79 Å². The number of benzene rings is 1. The van der Waals surface area contributed by atoms with Crippen molar-refractivity contribution in [1.29, 1.82) is 0 Å². The lowest BCUT2D eigenvalue weighted by Gasteiger charge is -2.13. The summed E-state index contributed by atoms with van der Waals surface area (Å²) in [6.07, 6.45) is -1.09. The standard InChI is InChI=1S/C17H22N2O6S/c1-10(20)12-5-6-14(24-4)13(7-12)8-26-9-15(21)25-11(2)16(22)19-17(23)18-3/h5-7,11H,8-9H2,1-4H3,(H2,18,19,22,23)/t11-/m0/s1. The molecule has 9 heteroatoms. The summed E-state index contributed by atoms with van der Waals surface area (Å²) >= 11 is 1.26. The Kier molecular flexibility index (Phi) is 8.63. The number of thioether (sulfide) groups is 1. The first-order chi connectivity index (χ1) is 12.3. The molecule has 0 saturated carbocycles. The van der Waals surface area contributed by atoms with Crippen molar-refractivity contribution in [1.82, 2.24) is 10.6 Å². The van der Waals surface area contributed by atoms with Crippen molar-refractivity contribution in [2.75, 3.05) is 19.9 Å². The summed E-state index contributed by atoms with van der Waals surface area (Å²) in [5, 5.41) is 4.26. The van der Waals surface area contributed by atoms with E-state index < -0.39 is 24.0 Å². The van der Waals surface area contributed by atoms with Gasteiger partial charge >= 0.3 is 12.0 Å². The number of methoxy groups -OCH3 is 1. The van der Waals surface area contributed by atoms with Crippen LogP contribution in [0.2, 0.25) is 0 Å². The van der Waals surface area contributed by atoms with Crippen molar-refractivity contribution in [3.8, 4) is 5.75 Å². The van der Waals surface area contributed by atoms with Gasteiger partial charge in [0, 0.05) is 23.9 Å². The Morgan fingerprint density at radius 3 is 2.50 bits per heavy atom. The monoisotopic (exact) mass is 382 g/mol. The average Bonchev–Trinajstić information content (AvgIpc) is 2.61. The van der Waals surface area contributed by atoms with Gasteiger partial charge < -0.3 is 14.8 Å². The Labute approximate surface area is 156 Å². The minimum absolute atomic E-state index is 0.00501. The molecule has 0 heterocycles. The summed E-state index contributed by atoms with van der Waals surface area (Å²) in [7, 11) is 2.89. The molecule has 142 valence electrons. The Hall–Kier alpha value is -2.55. The normalized spacial score (nSPS) is 11.2. The van der Waals surface area contributed by atoms with Gasteiger partial charge in [0.25, 0.3) is 5.91 Å². The third-order valence-corrected chi connectivity index (χ3v) is 4.26. The van der Waals surface area contributed by atoms with Gasteiger partial charge in [0.05, 0.1) is 12.9 Å². The molecule has 0 aliphatic heterocycles. The van der Waals surface area contributed by atoms with Gasteiger partial charge in [-0.3, -0.25) is 19.7 Å². The van der Waals surface area contributed by atoms with E-state index in [1.807, 2.05) is 5.32 Å². The van der Waals surface area contributed by atoms with E-state index in [9.17, 15) is 19.2 Å². The fourth-order valence-electron chi connectivity index (χ4n) is 1.92. The molecule has 0 fully saturated rings. The van der Waals surface area contributed by atoms with E-state index in [1.165, 1.54) is 39.8 Å². The number of nitrogens with one attached hydrogen (secondary N) is 2. The number of rotatable bonds is 8. The van der Waals surface area contributed by atoms with Gasteiger partial charge in [-0.15, -0.1) is 11.8 Å². The van der Waals surface area contributed by atoms with Gasteiger partial charge in [-0.2, -0.15) is 0 Å². The van der Waals surface area contributed by atoms with E-state index in [1.54, 1.807) is 18.2 Å². The molecular formula is C17H22N2O6S. The summed E-state index contributed by atoms with van der Waals surface area (Å²) < 4.78 is 10.2. The first-order valence-electron chi connectivity index (χ1n) is 7.76. The van der Waals surface area contributed by atoms with Gasteiger partial charge in [0.2, 0.25) is 0 Å². The molecule has 1 aromatic carbocycles. The molecule has 26 heavy (non-hydrogen) atoms. The minimum atomic E-state index is -1.09. The number of amides is 3. The fraction of sp³-hybridized carbons (Fsp3) is 0.412. The zero-order valence-corrected chi connectivity index (χ0v) is 15.9. The molecule has 1 aromatic rings. The van der Waals surface area contributed by atoms with Crippen LogP contribution in [-0.2, 0) is 20.1 Å². The van der Waals surface area contributed by atoms with E-state index in [4.69, 9.17) is 9.47 Å². The van der Waals surface area contributed by atoms with Crippen LogP contribution >= 0.6 is 11.8 Å². The quantitative estimate of drug-likeness (QED) is 0.518. The van der Waals surface area contributed by atoms with Crippen LogP contribution in [0.25, 0.3) is 0 Å². The third kappa shape index (κ3) is 6.75. The molecular weight excluding hydrogens is 360 g/mol. The number of esters is 1. The Bertz CT molecular complexity index is 692.